The smallest absolute Gasteiger partial charge is 0.294 e. The fraction of sp³-hybridized carbons (Fsp3) is 0.217. The Morgan fingerprint density at radius 1 is 1.20 bits per heavy atom. The predicted octanol–water partition coefficient (Wildman–Crippen LogP) is 3.90. The standard InChI is InChI=1S/C23H28IN6O4P/c1-14(2)29-21(31)13-33-19-9-6-16(10-20(19)32-3)22(26)34-23(27)30-18-7-4-15(5-8-18)17(11-25)12-28-35-24/h4-12,14,26,35H,13,25H2,1-3H3,(H2,27,30)(H,29,31)/b17-11+,26-22?,28-12+. The zero-order valence-electron chi connectivity index (χ0n) is 19.5. The van der Waals surface area contributed by atoms with Gasteiger partial charge in [-0.05, 0) is 71.8 Å². The van der Waals surface area contributed by atoms with Gasteiger partial charge in [-0.1, -0.05) is 12.1 Å². The van der Waals surface area contributed by atoms with E-state index in [9.17, 15) is 4.79 Å². The third kappa shape index (κ3) is 9.18. The number of ether oxygens (including phenoxy) is 3. The maximum Gasteiger partial charge on any atom is 0.294 e. The van der Waals surface area contributed by atoms with Crippen LogP contribution in [0.15, 0.2) is 58.4 Å². The van der Waals surface area contributed by atoms with Gasteiger partial charge in [-0.3, -0.25) is 15.0 Å². The molecule has 0 heterocycles. The van der Waals surface area contributed by atoms with Crippen LogP contribution in [-0.2, 0) is 9.53 Å². The van der Waals surface area contributed by atoms with Crippen LogP contribution in [0.4, 0.5) is 5.69 Å². The largest absolute Gasteiger partial charge is 0.493 e. The summed E-state index contributed by atoms with van der Waals surface area (Å²) in [7, 11) is 1.46. The molecule has 35 heavy (non-hydrogen) atoms. The summed E-state index contributed by atoms with van der Waals surface area (Å²) in [6.45, 7) is 3.57. The molecular formula is C23H28IN6O4P. The molecule has 0 saturated heterocycles. The van der Waals surface area contributed by atoms with Crippen molar-refractivity contribution in [2.45, 2.75) is 19.9 Å². The monoisotopic (exact) mass is 610 g/mol. The van der Waals surface area contributed by atoms with Gasteiger partial charge in [0.1, 0.15) is 0 Å². The number of nitrogens with zero attached hydrogens (tertiary/aromatic N) is 2. The van der Waals surface area contributed by atoms with E-state index >= 15 is 0 Å². The molecule has 0 aromatic heterocycles. The Bertz CT molecular complexity index is 1120. The number of carbonyl (C=O) groups excluding carboxylic acids is 1. The number of allylic oxidation sites excluding steroid dienone is 1. The Morgan fingerprint density at radius 2 is 1.89 bits per heavy atom. The quantitative estimate of drug-likeness (QED) is 0.138. The van der Waals surface area contributed by atoms with Crippen LogP contribution in [0.3, 0.4) is 0 Å². The fourth-order valence-electron chi connectivity index (χ4n) is 2.78. The molecule has 1 unspecified atom stereocenters. The maximum atomic E-state index is 11.8. The van der Waals surface area contributed by atoms with Gasteiger partial charge in [-0.15, -0.1) is 0 Å². The molecule has 0 aliphatic rings. The number of hydrogen-bond donors (Lipinski definition) is 4. The van der Waals surface area contributed by atoms with Crippen LogP contribution >= 0.6 is 28.4 Å². The van der Waals surface area contributed by atoms with E-state index < -0.39 is 0 Å². The first-order chi connectivity index (χ1) is 16.8. The third-order valence-corrected chi connectivity index (χ3v) is 5.38. The van der Waals surface area contributed by atoms with Crippen molar-refractivity contribution in [3.05, 3.63) is 59.8 Å². The van der Waals surface area contributed by atoms with Crippen LogP contribution in [-0.4, -0.2) is 43.8 Å². The number of rotatable bonds is 10. The van der Waals surface area contributed by atoms with Gasteiger partial charge >= 0.3 is 0 Å². The van der Waals surface area contributed by atoms with Crippen LogP contribution in [0, 0.1) is 5.41 Å². The number of amidine groups is 1. The Hall–Kier alpha value is -3.18. The molecule has 0 aliphatic carbocycles. The lowest BCUT2D eigenvalue weighted by molar-refractivity contribution is -0.123. The molecule has 2 aromatic rings. The summed E-state index contributed by atoms with van der Waals surface area (Å²) in [5.41, 5.74) is 14.2. The predicted molar refractivity (Wildman–Crippen MR) is 150 cm³/mol. The first kappa shape index (κ1) is 28.1. The summed E-state index contributed by atoms with van der Waals surface area (Å²) in [4.78, 5) is 16.0. The number of methoxy groups -OCH3 is 1. The summed E-state index contributed by atoms with van der Waals surface area (Å²) in [5.74, 6) is 0.229. The van der Waals surface area contributed by atoms with E-state index in [0.717, 1.165) is 11.1 Å². The van der Waals surface area contributed by atoms with Crippen molar-refractivity contribution in [2.75, 3.05) is 13.7 Å². The highest BCUT2D eigenvalue weighted by Crippen LogP contribution is 2.28. The van der Waals surface area contributed by atoms with Crippen molar-refractivity contribution in [3.63, 3.8) is 0 Å². The molecule has 0 fully saturated rings. The van der Waals surface area contributed by atoms with Gasteiger partial charge < -0.3 is 31.0 Å². The second kappa shape index (κ2) is 14.3. The Kier molecular flexibility index (Phi) is 11.4. The minimum atomic E-state index is -0.247. The van der Waals surface area contributed by atoms with Gasteiger partial charge in [-0.25, -0.2) is 0 Å². The van der Waals surface area contributed by atoms with E-state index in [2.05, 4.69) is 37.1 Å². The highest BCUT2D eigenvalue weighted by atomic mass is 127. The van der Waals surface area contributed by atoms with Crippen LogP contribution in [0.1, 0.15) is 25.0 Å². The lowest BCUT2D eigenvalue weighted by atomic mass is 10.1. The minimum Gasteiger partial charge on any atom is -0.493 e. The van der Waals surface area contributed by atoms with Crippen molar-refractivity contribution in [1.29, 1.82) is 5.41 Å². The topological polar surface area (TPSA) is 157 Å². The molecule has 12 heteroatoms. The summed E-state index contributed by atoms with van der Waals surface area (Å²) >= 11 is 2.17. The number of benzene rings is 2. The van der Waals surface area contributed by atoms with Crippen LogP contribution in [0.25, 0.3) is 5.57 Å². The second-order valence-corrected chi connectivity index (χ2v) is 9.14. The van der Waals surface area contributed by atoms with E-state index in [0.29, 0.717) is 29.1 Å². The van der Waals surface area contributed by atoms with Gasteiger partial charge in [0, 0.05) is 29.6 Å². The van der Waals surface area contributed by atoms with Gasteiger partial charge in [-0.2, -0.15) is 4.99 Å². The van der Waals surface area contributed by atoms with Gasteiger partial charge in [0.25, 0.3) is 11.9 Å². The number of aliphatic imine (C=N–C) groups is 1. The molecule has 2 aromatic carbocycles. The SMILES string of the molecule is COc1cc(C(=N)OC(N)=Nc2ccc(C(=C/N)/C=N/PI)cc2)ccc1OCC(=O)NC(C)C. The highest BCUT2D eigenvalue weighted by molar-refractivity contribution is 14.2. The molecule has 186 valence electrons. The number of nitrogens with two attached hydrogens (primary N) is 2. The number of hydrogen-bond acceptors (Lipinski definition) is 8. The van der Waals surface area contributed by atoms with E-state index in [-0.39, 0.29) is 30.5 Å². The Balaban J connectivity index is 2.06. The van der Waals surface area contributed by atoms with Crippen molar-refractivity contribution < 1.29 is 19.0 Å². The summed E-state index contributed by atoms with van der Waals surface area (Å²) in [6, 6.07) is 11.7. The summed E-state index contributed by atoms with van der Waals surface area (Å²) in [5, 5.41) is 11.0. The Labute approximate surface area is 219 Å². The molecule has 1 atom stereocenters. The number of nitrogens with one attached hydrogen (secondary N) is 2. The average Bonchev–Trinajstić information content (AvgIpc) is 2.83. The zero-order chi connectivity index (χ0) is 25.8. The lowest BCUT2D eigenvalue weighted by Gasteiger charge is -2.13. The first-order valence-electron chi connectivity index (χ1n) is 10.4. The molecule has 2 rings (SSSR count). The number of halogens is 1. The molecule has 10 nitrogen and oxygen atoms in total. The van der Waals surface area contributed by atoms with Crippen LogP contribution < -0.4 is 26.3 Å². The van der Waals surface area contributed by atoms with Gasteiger partial charge in [0.2, 0.25) is 5.90 Å². The van der Waals surface area contributed by atoms with Gasteiger partial charge in [0.15, 0.2) is 18.1 Å². The molecule has 0 spiro atoms. The molecule has 1 amide bonds. The molecule has 0 radical (unpaired) electrons. The van der Waals surface area contributed by atoms with Crippen LogP contribution in [0.2, 0.25) is 0 Å². The zero-order valence-corrected chi connectivity index (χ0v) is 22.7. The van der Waals surface area contributed by atoms with Gasteiger partial charge in [0.05, 0.1) is 19.2 Å². The molecule has 0 saturated carbocycles. The number of carbonyl (C=O) groups is 1. The van der Waals surface area contributed by atoms with E-state index in [4.69, 9.17) is 31.1 Å². The summed E-state index contributed by atoms with van der Waals surface area (Å²) < 4.78 is 20.4. The summed E-state index contributed by atoms with van der Waals surface area (Å²) in [6.07, 6.45) is 3.61. The van der Waals surface area contributed by atoms with E-state index in [1.807, 2.05) is 26.0 Å². The van der Waals surface area contributed by atoms with Crippen molar-refractivity contribution in [2.24, 2.45) is 21.2 Å². The minimum absolute atomic E-state index is 0.0126. The van der Waals surface area contributed by atoms with Crippen molar-refractivity contribution in [3.8, 4) is 11.5 Å². The molecule has 0 bridgehead atoms. The van der Waals surface area contributed by atoms with Crippen LogP contribution in [0.5, 0.6) is 11.5 Å². The maximum absolute atomic E-state index is 11.8. The lowest BCUT2D eigenvalue weighted by Crippen LogP contribution is -2.34. The highest BCUT2D eigenvalue weighted by Gasteiger charge is 2.13. The number of amides is 1. The van der Waals surface area contributed by atoms with Crippen molar-refractivity contribution in [1.82, 2.24) is 5.32 Å². The Morgan fingerprint density at radius 3 is 2.49 bits per heavy atom. The second-order valence-electron chi connectivity index (χ2n) is 7.27. The molecule has 0 aliphatic heterocycles. The first-order valence-corrected chi connectivity index (χ1v) is 14.5. The van der Waals surface area contributed by atoms with E-state index in [1.165, 1.54) is 13.3 Å². The fourth-order valence-corrected chi connectivity index (χ4v) is 3.39. The molecular weight excluding hydrogens is 582 g/mol. The normalized spacial score (nSPS) is 12.4. The average molecular weight is 610 g/mol. The molecule has 6 N–H and O–H groups in total. The van der Waals surface area contributed by atoms with Crippen molar-refractivity contribution >= 4 is 63.7 Å². The van der Waals surface area contributed by atoms with E-state index in [1.54, 1.807) is 36.5 Å². The third-order valence-electron chi connectivity index (χ3n) is 4.31.